The Labute approximate surface area is 98.9 Å². The molecule has 0 aromatic heterocycles. The van der Waals surface area contributed by atoms with E-state index < -0.39 is 5.60 Å². The van der Waals surface area contributed by atoms with Gasteiger partial charge in [-0.15, -0.1) is 0 Å². The Morgan fingerprint density at radius 1 is 1.25 bits per heavy atom. The van der Waals surface area contributed by atoms with Gasteiger partial charge < -0.3 is 5.11 Å². The summed E-state index contributed by atoms with van der Waals surface area (Å²) < 4.78 is 0. The van der Waals surface area contributed by atoms with Crippen molar-refractivity contribution in [3.63, 3.8) is 0 Å². The van der Waals surface area contributed by atoms with E-state index >= 15 is 0 Å². The highest BCUT2D eigenvalue weighted by Crippen LogP contribution is 2.79. The van der Waals surface area contributed by atoms with Gasteiger partial charge in [-0.25, -0.2) is 0 Å². The normalized spacial score (nSPS) is 58.6. The summed E-state index contributed by atoms with van der Waals surface area (Å²) in [5, 5.41) is 10.5. The fourth-order valence-electron chi connectivity index (χ4n) is 5.03. The van der Waals surface area contributed by atoms with Crippen LogP contribution in [0.25, 0.3) is 0 Å². The zero-order valence-corrected chi connectivity index (χ0v) is 10.9. The second kappa shape index (κ2) is 2.93. The van der Waals surface area contributed by atoms with E-state index in [4.69, 9.17) is 0 Å². The standard InChI is InChI=1S/C15H24O/c1-9(2)11-6-5-10(3)15-8-7-14(4,16)13(15)12(11)15/h5-6,9-13,16H,7-8H2,1-4H3/t10-,11-,12+,13?,14-,15+/m1/s1. The van der Waals surface area contributed by atoms with E-state index in [2.05, 4.69) is 39.8 Å². The molecular weight excluding hydrogens is 196 g/mol. The van der Waals surface area contributed by atoms with Gasteiger partial charge >= 0.3 is 0 Å². The Balaban J connectivity index is 1.97. The van der Waals surface area contributed by atoms with Crippen LogP contribution in [0.15, 0.2) is 12.2 Å². The van der Waals surface area contributed by atoms with Crippen molar-refractivity contribution in [1.82, 2.24) is 0 Å². The van der Waals surface area contributed by atoms with Crippen LogP contribution in [-0.4, -0.2) is 10.7 Å². The Morgan fingerprint density at radius 2 is 1.94 bits per heavy atom. The maximum Gasteiger partial charge on any atom is 0.0656 e. The monoisotopic (exact) mass is 220 g/mol. The van der Waals surface area contributed by atoms with E-state index in [0.717, 1.165) is 12.3 Å². The summed E-state index contributed by atoms with van der Waals surface area (Å²) in [4.78, 5) is 0. The van der Waals surface area contributed by atoms with Crippen LogP contribution in [-0.2, 0) is 0 Å². The molecule has 3 aliphatic rings. The summed E-state index contributed by atoms with van der Waals surface area (Å²) in [5.41, 5.74) is 0.0747. The summed E-state index contributed by atoms with van der Waals surface area (Å²) in [6.07, 6.45) is 7.10. The van der Waals surface area contributed by atoms with Crippen LogP contribution in [0.3, 0.4) is 0 Å². The maximum atomic E-state index is 10.5. The van der Waals surface area contributed by atoms with E-state index in [1.807, 2.05) is 0 Å². The van der Waals surface area contributed by atoms with Gasteiger partial charge in [-0.1, -0.05) is 32.9 Å². The van der Waals surface area contributed by atoms with Crippen LogP contribution in [0.2, 0.25) is 0 Å². The van der Waals surface area contributed by atoms with Gasteiger partial charge in [-0.3, -0.25) is 0 Å². The van der Waals surface area contributed by atoms with E-state index in [0.29, 0.717) is 29.1 Å². The lowest BCUT2D eigenvalue weighted by molar-refractivity contribution is 0.0323. The molecule has 0 aromatic carbocycles. The van der Waals surface area contributed by atoms with E-state index in [1.54, 1.807) is 0 Å². The molecule has 1 nitrogen and oxygen atoms in total. The molecule has 0 saturated heterocycles. The Morgan fingerprint density at radius 3 is 2.56 bits per heavy atom. The minimum atomic E-state index is -0.391. The van der Waals surface area contributed by atoms with Crippen LogP contribution in [0.4, 0.5) is 0 Å². The first-order valence-electron chi connectivity index (χ1n) is 6.82. The van der Waals surface area contributed by atoms with Gasteiger partial charge in [0.15, 0.2) is 0 Å². The number of allylic oxidation sites excluding steroid dienone is 2. The number of hydrogen-bond acceptors (Lipinski definition) is 1. The Bertz CT molecular complexity index is 341. The van der Waals surface area contributed by atoms with Crippen molar-refractivity contribution in [2.24, 2.45) is 35.0 Å². The summed E-state index contributed by atoms with van der Waals surface area (Å²) in [7, 11) is 0. The van der Waals surface area contributed by atoms with Crippen molar-refractivity contribution < 1.29 is 5.11 Å². The second-order valence-electron chi connectivity index (χ2n) is 6.97. The predicted molar refractivity (Wildman–Crippen MR) is 65.9 cm³/mol. The summed E-state index contributed by atoms with van der Waals surface area (Å²) >= 11 is 0. The minimum Gasteiger partial charge on any atom is -0.390 e. The van der Waals surface area contributed by atoms with Gasteiger partial charge in [0, 0.05) is 0 Å². The average Bonchev–Trinajstić information content (AvgIpc) is 2.79. The third-order valence-corrected chi connectivity index (χ3v) is 5.84. The molecular formula is C15H24O. The molecule has 0 aliphatic heterocycles. The second-order valence-corrected chi connectivity index (χ2v) is 6.97. The quantitative estimate of drug-likeness (QED) is 0.673. The minimum absolute atomic E-state index is 0.391. The topological polar surface area (TPSA) is 20.2 Å². The molecule has 0 amide bonds. The van der Waals surface area contributed by atoms with Gasteiger partial charge in [0.1, 0.15) is 0 Å². The highest BCUT2D eigenvalue weighted by molar-refractivity contribution is 5.31. The first kappa shape index (κ1) is 10.8. The molecule has 0 aromatic rings. The fourth-order valence-corrected chi connectivity index (χ4v) is 5.03. The summed E-state index contributed by atoms with van der Waals surface area (Å²) in [6.45, 7) is 9.05. The van der Waals surface area contributed by atoms with Crippen LogP contribution < -0.4 is 0 Å². The third-order valence-electron chi connectivity index (χ3n) is 5.84. The smallest absolute Gasteiger partial charge is 0.0656 e. The lowest BCUT2D eigenvalue weighted by Gasteiger charge is -2.31. The van der Waals surface area contributed by atoms with Crippen molar-refractivity contribution in [2.45, 2.75) is 46.1 Å². The van der Waals surface area contributed by atoms with Gasteiger partial charge in [0.25, 0.3) is 0 Å². The molecule has 1 N–H and O–H groups in total. The first-order valence-corrected chi connectivity index (χ1v) is 6.82. The fraction of sp³-hybridized carbons (Fsp3) is 0.867. The number of rotatable bonds is 1. The van der Waals surface area contributed by atoms with Crippen molar-refractivity contribution in [3.05, 3.63) is 12.2 Å². The van der Waals surface area contributed by atoms with E-state index in [-0.39, 0.29) is 0 Å². The van der Waals surface area contributed by atoms with Crippen molar-refractivity contribution in [3.8, 4) is 0 Å². The highest BCUT2D eigenvalue weighted by atomic mass is 16.3. The molecule has 3 aliphatic carbocycles. The molecule has 2 fully saturated rings. The Hall–Kier alpha value is -0.300. The van der Waals surface area contributed by atoms with Gasteiger partial charge in [0.2, 0.25) is 0 Å². The summed E-state index contributed by atoms with van der Waals surface area (Å²) in [5.74, 6) is 3.42. The van der Waals surface area contributed by atoms with Crippen LogP contribution in [0.1, 0.15) is 40.5 Å². The largest absolute Gasteiger partial charge is 0.390 e. The zero-order valence-electron chi connectivity index (χ0n) is 10.9. The predicted octanol–water partition coefficient (Wildman–Crippen LogP) is 3.24. The third kappa shape index (κ3) is 1.06. The number of hydrogen-bond donors (Lipinski definition) is 1. The van der Waals surface area contributed by atoms with Crippen molar-refractivity contribution in [2.75, 3.05) is 0 Å². The zero-order chi connectivity index (χ0) is 11.7. The van der Waals surface area contributed by atoms with Crippen molar-refractivity contribution >= 4 is 0 Å². The summed E-state index contributed by atoms with van der Waals surface area (Å²) in [6, 6.07) is 0. The molecule has 0 heterocycles. The molecule has 1 spiro atoms. The maximum absolute atomic E-state index is 10.5. The van der Waals surface area contributed by atoms with E-state index in [9.17, 15) is 5.11 Å². The molecule has 0 radical (unpaired) electrons. The van der Waals surface area contributed by atoms with Gasteiger partial charge in [-0.2, -0.15) is 0 Å². The molecule has 16 heavy (non-hydrogen) atoms. The lowest BCUT2D eigenvalue weighted by Crippen LogP contribution is -2.28. The first-order chi connectivity index (χ1) is 7.41. The lowest BCUT2D eigenvalue weighted by atomic mass is 9.74. The van der Waals surface area contributed by atoms with Gasteiger partial charge in [-0.05, 0) is 54.8 Å². The molecule has 0 bridgehead atoms. The van der Waals surface area contributed by atoms with E-state index in [1.165, 1.54) is 6.42 Å². The van der Waals surface area contributed by atoms with Crippen molar-refractivity contribution in [1.29, 1.82) is 0 Å². The number of fused-ring (bicyclic) bond motifs is 1. The SMILES string of the molecule is CC(C)[C@H]1C=C[C@@H](C)[C@]23CC[C@@](C)(O)C2[C@H]13. The molecule has 90 valence electrons. The average molecular weight is 220 g/mol. The Kier molecular flexibility index (Phi) is 1.98. The molecule has 6 atom stereocenters. The van der Waals surface area contributed by atoms with Crippen LogP contribution >= 0.6 is 0 Å². The highest BCUT2D eigenvalue weighted by Gasteiger charge is 2.77. The van der Waals surface area contributed by atoms with Crippen LogP contribution in [0, 0.1) is 35.0 Å². The molecule has 1 unspecified atom stereocenters. The molecule has 1 heteroatoms. The molecule has 2 saturated carbocycles. The number of aliphatic hydroxyl groups is 1. The van der Waals surface area contributed by atoms with Crippen LogP contribution in [0.5, 0.6) is 0 Å². The van der Waals surface area contributed by atoms with Gasteiger partial charge in [0.05, 0.1) is 5.60 Å². The molecule has 3 rings (SSSR count).